The van der Waals surface area contributed by atoms with Gasteiger partial charge in [-0.2, -0.15) is 5.10 Å². The number of hydrogen-bond acceptors (Lipinski definition) is 3. The molecular weight excluding hydrogens is 479 g/mol. The number of hydrogen-bond donors (Lipinski definition) is 0. The first kappa shape index (κ1) is 19.6. The van der Waals surface area contributed by atoms with E-state index in [1.807, 2.05) is 52.0 Å². The molecule has 0 N–H and O–H groups in total. The van der Waals surface area contributed by atoms with E-state index in [-0.39, 0.29) is 0 Å². The van der Waals surface area contributed by atoms with Crippen LogP contribution in [0.1, 0.15) is 5.56 Å². The molecule has 4 nitrogen and oxygen atoms in total. The van der Waals surface area contributed by atoms with Crippen molar-refractivity contribution in [3.8, 4) is 16.9 Å². The van der Waals surface area contributed by atoms with E-state index < -0.39 is 0 Å². The molecule has 0 atom stereocenters. The van der Waals surface area contributed by atoms with Crippen molar-refractivity contribution < 1.29 is 0 Å². The van der Waals surface area contributed by atoms with Gasteiger partial charge in [0.25, 0.3) is 0 Å². The fourth-order valence-corrected chi connectivity index (χ4v) is 4.14. The van der Waals surface area contributed by atoms with E-state index in [9.17, 15) is 0 Å². The normalized spacial score (nSPS) is 11.1. The zero-order chi connectivity index (χ0) is 19.7. The maximum atomic E-state index is 6.32. The van der Waals surface area contributed by atoms with Crippen LogP contribution in [0.5, 0.6) is 0 Å². The summed E-state index contributed by atoms with van der Waals surface area (Å²) in [6, 6.07) is 13.9. The lowest BCUT2D eigenvalue weighted by atomic mass is 10.1. The summed E-state index contributed by atoms with van der Waals surface area (Å²) in [4.78, 5) is 4.21. The summed E-state index contributed by atoms with van der Waals surface area (Å²) < 4.78 is 5.03. The average molecular weight is 494 g/mol. The Morgan fingerprint density at radius 1 is 1.07 bits per heavy atom. The number of rotatable bonds is 5. The maximum absolute atomic E-state index is 6.32. The monoisotopic (exact) mass is 492 g/mol. The molecule has 4 aromatic rings. The minimum Gasteiger partial charge on any atom is -0.302 e. The van der Waals surface area contributed by atoms with Crippen molar-refractivity contribution in [3.05, 3.63) is 81.3 Å². The molecule has 0 bridgehead atoms. The Morgan fingerprint density at radius 2 is 1.86 bits per heavy atom. The molecule has 0 spiro atoms. The first-order chi connectivity index (χ1) is 13.6. The van der Waals surface area contributed by atoms with Crippen molar-refractivity contribution >= 4 is 50.9 Å². The molecule has 142 valence electrons. The van der Waals surface area contributed by atoms with Crippen LogP contribution < -0.4 is 0 Å². The van der Waals surface area contributed by atoms with Crippen LogP contribution in [-0.4, -0.2) is 25.6 Å². The lowest BCUT2D eigenvalue weighted by Gasteiger charge is -2.12. The van der Waals surface area contributed by atoms with Gasteiger partial charge in [-0.15, -0.1) is 11.8 Å². The van der Waals surface area contributed by atoms with Crippen molar-refractivity contribution in [1.82, 2.24) is 19.3 Å². The molecule has 2 heterocycles. The highest BCUT2D eigenvalue weighted by Crippen LogP contribution is 2.37. The van der Waals surface area contributed by atoms with Crippen LogP contribution in [-0.2, 0) is 6.54 Å². The summed E-state index contributed by atoms with van der Waals surface area (Å²) in [6.45, 7) is 0.630. The van der Waals surface area contributed by atoms with Crippen LogP contribution >= 0.6 is 50.9 Å². The molecule has 4 rings (SSSR count). The number of nitrogens with zero attached hydrogens (tertiary/aromatic N) is 4. The zero-order valence-electron chi connectivity index (χ0n) is 14.8. The lowest BCUT2D eigenvalue weighted by Crippen LogP contribution is -2.05. The molecule has 0 unspecified atom stereocenters. The SMILES string of the molecule is CSc1nn(Cc2ccc(Br)cc2)c(-c2ccc(Cl)c(Cl)c2)c1-n1ccnc1. The molecule has 28 heavy (non-hydrogen) atoms. The van der Waals surface area contributed by atoms with Gasteiger partial charge in [0.05, 0.1) is 28.6 Å². The molecule has 0 aliphatic rings. The number of halogens is 3. The molecule has 2 aromatic carbocycles. The fourth-order valence-electron chi connectivity index (χ4n) is 3.00. The predicted octanol–water partition coefficient (Wildman–Crippen LogP) is 6.58. The second kappa shape index (κ2) is 8.33. The van der Waals surface area contributed by atoms with Crippen molar-refractivity contribution in [2.75, 3.05) is 6.26 Å². The second-order valence-electron chi connectivity index (χ2n) is 6.09. The number of imidazole rings is 1. The molecule has 0 fully saturated rings. The Kier molecular flexibility index (Phi) is 5.83. The second-order valence-corrected chi connectivity index (χ2v) is 8.61. The van der Waals surface area contributed by atoms with E-state index in [4.69, 9.17) is 28.3 Å². The summed E-state index contributed by atoms with van der Waals surface area (Å²) in [6.07, 6.45) is 7.48. The van der Waals surface area contributed by atoms with Crippen LogP contribution in [0.25, 0.3) is 16.9 Å². The van der Waals surface area contributed by atoms with Gasteiger partial charge in [-0.25, -0.2) is 4.98 Å². The minimum absolute atomic E-state index is 0.512. The Hall–Kier alpha value is -1.73. The van der Waals surface area contributed by atoms with Gasteiger partial charge in [-0.05, 0) is 36.1 Å². The number of aromatic nitrogens is 4. The first-order valence-corrected chi connectivity index (χ1v) is 11.2. The summed E-state index contributed by atoms with van der Waals surface area (Å²) in [5.74, 6) is 0. The molecule has 8 heteroatoms. The quantitative estimate of drug-likeness (QED) is 0.295. The van der Waals surface area contributed by atoms with Crippen LogP contribution in [0, 0.1) is 0 Å². The summed E-state index contributed by atoms with van der Waals surface area (Å²) >= 11 is 17.5. The third-order valence-corrected chi connectivity index (χ3v) is 6.22. The number of benzene rings is 2. The highest BCUT2D eigenvalue weighted by atomic mass is 79.9. The van der Waals surface area contributed by atoms with Crippen LogP contribution in [0.15, 0.2) is 70.7 Å². The zero-order valence-corrected chi connectivity index (χ0v) is 18.7. The fraction of sp³-hybridized carbons (Fsp3) is 0.100. The van der Waals surface area contributed by atoms with Gasteiger partial charge < -0.3 is 4.57 Å². The number of thioether (sulfide) groups is 1. The van der Waals surface area contributed by atoms with Gasteiger partial charge in [-0.1, -0.05) is 57.3 Å². The van der Waals surface area contributed by atoms with Crippen LogP contribution in [0.2, 0.25) is 10.0 Å². The molecule has 0 aliphatic heterocycles. The Labute approximate surface area is 185 Å². The Morgan fingerprint density at radius 3 is 2.50 bits per heavy atom. The van der Waals surface area contributed by atoms with Crippen molar-refractivity contribution in [2.24, 2.45) is 0 Å². The van der Waals surface area contributed by atoms with Gasteiger partial charge >= 0.3 is 0 Å². The third-order valence-electron chi connectivity index (χ3n) is 4.29. The van der Waals surface area contributed by atoms with E-state index >= 15 is 0 Å². The Bertz CT molecular complexity index is 1110. The highest BCUT2D eigenvalue weighted by molar-refractivity contribution is 9.10. The van der Waals surface area contributed by atoms with Gasteiger partial charge in [0, 0.05) is 22.4 Å². The summed E-state index contributed by atoms with van der Waals surface area (Å²) in [7, 11) is 0. The van der Waals surface area contributed by atoms with Gasteiger partial charge in [0.2, 0.25) is 0 Å². The molecule has 0 saturated heterocycles. The van der Waals surface area contributed by atoms with E-state index in [0.29, 0.717) is 16.6 Å². The Balaban J connectivity index is 1.92. The van der Waals surface area contributed by atoms with Crippen molar-refractivity contribution in [1.29, 1.82) is 0 Å². The van der Waals surface area contributed by atoms with Gasteiger partial charge in [-0.3, -0.25) is 4.68 Å². The van der Waals surface area contributed by atoms with E-state index in [0.717, 1.165) is 32.0 Å². The van der Waals surface area contributed by atoms with Crippen molar-refractivity contribution in [3.63, 3.8) is 0 Å². The maximum Gasteiger partial charge on any atom is 0.143 e. The predicted molar refractivity (Wildman–Crippen MR) is 120 cm³/mol. The van der Waals surface area contributed by atoms with Crippen LogP contribution in [0.4, 0.5) is 0 Å². The van der Waals surface area contributed by atoms with Crippen LogP contribution in [0.3, 0.4) is 0 Å². The average Bonchev–Trinajstić information content (AvgIpc) is 3.33. The molecule has 0 saturated carbocycles. The molecule has 2 aromatic heterocycles. The van der Waals surface area contributed by atoms with Gasteiger partial charge in [0.15, 0.2) is 0 Å². The van der Waals surface area contributed by atoms with E-state index in [1.165, 1.54) is 0 Å². The standard InChI is InChI=1S/C20H15BrCl2N4S/c1-28-20-19(26-9-8-24-12-26)18(14-4-7-16(22)17(23)10-14)27(25-20)11-13-2-5-15(21)6-3-13/h2-10,12H,11H2,1H3. The molecule has 0 radical (unpaired) electrons. The first-order valence-electron chi connectivity index (χ1n) is 8.40. The highest BCUT2D eigenvalue weighted by Gasteiger charge is 2.21. The summed E-state index contributed by atoms with van der Waals surface area (Å²) in [5, 5.41) is 6.83. The molecular formula is C20H15BrCl2N4S. The third kappa shape index (κ3) is 3.87. The minimum atomic E-state index is 0.512. The lowest BCUT2D eigenvalue weighted by molar-refractivity contribution is 0.673. The largest absolute Gasteiger partial charge is 0.302 e. The molecule has 0 aliphatic carbocycles. The summed E-state index contributed by atoms with van der Waals surface area (Å²) in [5.41, 5.74) is 4.03. The van der Waals surface area contributed by atoms with Crippen molar-refractivity contribution in [2.45, 2.75) is 11.6 Å². The topological polar surface area (TPSA) is 35.6 Å². The van der Waals surface area contributed by atoms with E-state index in [1.54, 1.807) is 24.3 Å². The van der Waals surface area contributed by atoms with Gasteiger partial charge in [0.1, 0.15) is 10.7 Å². The smallest absolute Gasteiger partial charge is 0.143 e. The van der Waals surface area contributed by atoms with E-state index in [2.05, 4.69) is 33.0 Å². The molecule has 0 amide bonds.